The van der Waals surface area contributed by atoms with E-state index in [-0.39, 0.29) is 24.2 Å². The van der Waals surface area contributed by atoms with Crippen molar-refractivity contribution in [2.24, 2.45) is 0 Å². The first kappa shape index (κ1) is 14.7. The van der Waals surface area contributed by atoms with Crippen LogP contribution in [0.3, 0.4) is 0 Å². The minimum absolute atomic E-state index is 0.0331. The highest BCUT2D eigenvalue weighted by molar-refractivity contribution is 5.97. The molecule has 4 heteroatoms. The van der Waals surface area contributed by atoms with Crippen LogP contribution in [0.4, 0.5) is 0 Å². The van der Waals surface area contributed by atoms with Crippen LogP contribution in [0, 0.1) is 0 Å². The number of nitrogens with zero attached hydrogens (tertiary/aromatic N) is 1. The minimum atomic E-state index is 0.0331. The highest BCUT2D eigenvalue weighted by Gasteiger charge is 2.22. The fraction of sp³-hybridized carbons (Fsp3) is 0.500. The molecule has 0 N–H and O–H groups in total. The Morgan fingerprint density at radius 3 is 2.40 bits per heavy atom. The number of methoxy groups -OCH3 is 1. The molecule has 0 aliphatic carbocycles. The van der Waals surface area contributed by atoms with Crippen molar-refractivity contribution in [2.75, 3.05) is 20.2 Å². The molecule has 0 unspecified atom stereocenters. The third-order valence-corrected chi connectivity index (χ3v) is 3.79. The molecule has 0 spiro atoms. The molecule has 0 atom stereocenters. The number of carbonyl (C=O) groups excluding carboxylic acids is 2. The van der Waals surface area contributed by atoms with Gasteiger partial charge in [0.1, 0.15) is 0 Å². The van der Waals surface area contributed by atoms with Gasteiger partial charge in [-0.05, 0) is 12.8 Å². The number of ether oxygens (including phenoxy) is 1. The Morgan fingerprint density at radius 1 is 1.15 bits per heavy atom. The van der Waals surface area contributed by atoms with Crippen molar-refractivity contribution in [1.82, 2.24) is 4.90 Å². The first-order valence-corrected chi connectivity index (χ1v) is 7.09. The van der Waals surface area contributed by atoms with Crippen molar-refractivity contribution in [1.29, 1.82) is 0 Å². The van der Waals surface area contributed by atoms with Gasteiger partial charge in [0.2, 0.25) is 5.91 Å². The molecule has 1 aliphatic heterocycles. The molecule has 1 amide bonds. The summed E-state index contributed by atoms with van der Waals surface area (Å²) >= 11 is 0. The summed E-state index contributed by atoms with van der Waals surface area (Å²) in [6.07, 6.45) is 2.62. The maximum absolute atomic E-state index is 12.1. The molecule has 1 heterocycles. The lowest BCUT2D eigenvalue weighted by molar-refractivity contribution is -0.133. The Hall–Kier alpha value is -1.68. The first-order valence-electron chi connectivity index (χ1n) is 7.09. The summed E-state index contributed by atoms with van der Waals surface area (Å²) in [6.45, 7) is 1.47. The molecular formula is C16H21NO3. The Labute approximate surface area is 119 Å². The third kappa shape index (κ3) is 3.90. The normalized spacial score (nSPS) is 16.1. The monoisotopic (exact) mass is 275 g/mol. The lowest BCUT2D eigenvalue weighted by Gasteiger charge is -2.31. The molecule has 1 aromatic rings. The summed E-state index contributed by atoms with van der Waals surface area (Å²) in [4.78, 5) is 25.8. The largest absolute Gasteiger partial charge is 0.381 e. The van der Waals surface area contributed by atoms with Crippen LogP contribution < -0.4 is 0 Å². The van der Waals surface area contributed by atoms with Gasteiger partial charge in [0, 0.05) is 38.6 Å². The molecule has 0 saturated carbocycles. The second-order valence-electron chi connectivity index (χ2n) is 5.11. The van der Waals surface area contributed by atoms with E-state index >= 15 is 0 Å². The second kappa shape index (κ2) is 7.20. The van der Waals surface area contributed by atoms with Crippen LogP contribution in [-0.4, -0.2) is 42.9 Å². The van der Waals surface area contributed by atoms with Crippen LogP contribution in [0.2, 0.25) is 0 Å². The summed E-state index contributed by atoms with van der Waals surface area (Å²) in [5.41, 5.74) is 0.679. The minimum Gasteiger partial charge on any atom is -0.381 e. The highest BCUT2D eigenvalue weighted by Crippen LogP contribution is 2.15. The number of benzene rings is 1. The van der Waals surface area contributed by atoms with Crippen LogP contribution in [-0.2, 0) is 9.53 Å². The van der Waals surface area contributed by atoms with Crippen molar-refractivity contribution in [3.8, 4) is 0 Å². The number of carbonyl (C=O) groups is 2. The number of Topliss-reactive ketones (excluding diaryl/α,β-unsaturated/α-hetero) is 1. The van der Waals surface area contributed by atoms with Crippen molar-refractivity contribution in [3.05, 3.63) is 35.9 Å². The Balaban J connectivity index is 1.77. The lowest BCUT2D eigenvalue weighted by Crippen LogP contribution is -2.40. The number of hydrogen-bond donors (Lipinski definition) is 0. The molecule has 108 valence electrons. The number of ketones is 1. The van der Waals surface area contributed by atoms with Crippen LogP contribution in [0.25, 0.3) is 0 Å². The van der Waals surface area contributed by atoms with Crippen molar-refractivity contribution in [2.45, 2.75) is 31.8 Å². The summed E-state index contributed by atoms with van der Waals surface area (Å²) in [7, 11) is 1.71. The fourth-order valence-electron chi connectivity index (χ4n) is 2.49. The molecular weight excluding hydrogens is 254 g/mol. The molecule has 1 saturated heterocycles. The van der Waals surface area contributed by atoms with E-state index in [1.165, 1.54) is 0 Å². The average Bonchev–Trinajstić information content (AvgIpc) is 2.53. The quantitative estimate of drug-likeness (QED) is 0.775. The predicted octanol–water partition coefficient (Wildman–Crippen LogP) is 2.29. The number of amides is 1. The van der Waals surface area contributed by atoms with Crippen molar-refractivity contribution < 1.29 is 14.3 Å². The van der Waals surface area contributed by atoms with E-state index in [0.717, 1.165) is 25.9 Å². The standard InChI is InChI=1S/C16H21NO3/c1-20-14-9-11-17(12-10-14)16(19)8-7-15(18)13-5-3-2-4-6-13/h2-6,14H,7-12H2,1H3. The number of hydrogen-bond acceptors (Lipinski definition) is 3. The van der Waals surface area contributed by atoms with Gasteiger partial charge < -0.3 is 9.64 Å². The van der Waals surface area contributed by atoms with E-state index in [1.807, 2.05) is 23.1 Å². The van der Waals surface area contributed by atoms with Crippen LogP contribution in [0.5, 0.6) is 0 Å². The van der Waals surface area contributed by atoms with Gasteiger partial charge in [-0.2, -0.15) is 0 Å². The van der Waals surface area contributed by atoms with E-state index in [4.69, 9.17) is 4.74 Å². The number of rotatable bonds is 5. The summed E-state index contributed by atoms with van der Waals surface area (Å²) < 4.78 is 5.28. The molecule has 1 aliphatic rings. The van der Waals surface area contributed by atoms with E-state index in [2.05, 4.69) is 0 Å². The SMILES string of the molecule is COC1CCN(C(=O)CCC(=O)c2ccccc2)CC1. The summed E-state index contributed by atoms with van der Waals surface area (Å²) in [5.74, 6) is 0.106. The predicted molar refractivity (Wildman–Crippen MR) is 76.6 cm³/mol. The summed E-state index contributed by atoms with van der Waals surface area (Å²) in [5, 5.41) is 0. The summed E-state index contributed by atoms with van der Waals surface area (Å²) in [6, 6.07) is 9.13. The second-order valence-corrected chi connectivity index (χ2v) is 5.11. The van der Waals surface area contributed by atoms with Gasteiger partial charge in [0.05, 0.1) is 6.10 Å². The molecule has 20 heavy (non-hydrogen) atoms. The molecule has 2 rings (SSSR count). The molecule has 0 bridgehead atoms. The van der Waals surface area contributed by atoms with E-state index < -0.39 is 0 Å². The topological polar surface area (TPSA) is 46.6 Å². The zero-order valence-electron chi connectivity index (χ0n) is 11.9. The molecule has 1 fully saturated rings. The molecule has 1 aromatic carbocycles. The van der Waals surface area contributed by atoms with Gasteiger partial charge in [-0.1, -0.05) is 30.3 Å². The molecule has 0 aromatic heterocycles. The highest BCUT2D eigenvalue weighted by atomic mass is 16.5. The number of piperidine rings is 1. The van der Waals surface area contributed by atoms with Crippen LogP contribution in [0.15, 0.2) is 30.3 Å². The Kier molecular flexibility index (Phi) is 5.30. The fourth-order valence-corrected chi connectivity index (χ4v) is 2.49. The maximum atomic E-state index is 12.1. The van der Waals surface area contributed by atoms with Gasteiger partial charge in [-0.3, -0.25) is 9.59 Å². The van der Waals surface area contributed by atoms with Crippen molar-refractivity contribution in [3.63, 3.8) is 0 Å². The lowest BCUT2D eigenvalue weighted by atomic mass is 10.0. The first-order chi connectivity index (χ1) is 9.70. The van der Waals surface area contributed by atoms with Gasteiger partial charge in [0.25, 0.3) is 0 Å². The Bertz CT molecular complexity index is 450. The zero-order valence-corrected chi connectivity index (χ0v) is 11.9. The zero-order chi connectivity index (χ0) is 14.4. The average molecular weight is 275 g/mol. The smallest absolute Gasteiger partial charge is 0.223 e. The van der Waals surface area contributed by atoms with E-state index in [1.54, 1.807) is 19.2 Å². The number of likely N-dealkylation sites (tertiary alicyclic amines) is 1. The van der Waals surface area contributed by atoms with Gasteiger partial charge in [-0.25, -0.2) is 0 Å². The molecule has 0 radical (unpaired) electrons. The van der Waals surface area contributed by atoms with E-state index in [9.17, 15) is 9.59 Å². The maximum Gasteiger partial charge on any atom is 0.223 e. The Morgan fingerprint density at radius 2 is 1.80 bits per heavy atom. The molecule has 4 nitrogen and oxygen atoms in total. The van der Waals surface area contributed by atoms with Crippen LogP contribution >= 0.6 is 0 Å². The van der Waals surface area contributed by atoms with Crippen LogP contribution in [0.1, 0.15) is 36.0 Å². The van der Waals surface area contributed by atoms with Gasteiger partial charge >= 0.3 is 0 Å². The van der Waals surface area contributed by atoms with Crippen molar-refractivity contribution >= 4 is 11.7 Å². The van der Waals surface area contributed by atoms with Gasteiger partial charge in [-0.15, -0.1) is 0 Å². The van der Waals surface area contributed by atoms with E-state index in [0.29, 0.717) is 12.0 Å². The third-order valence-electron chi connectivity index (χ3n) is 3.79. The van der Waals surface area contributed by atoms with Gasteiger partial charge in [0.15, 0.2) is 5.78 Å².